The molecule has 0 bridgehead atoms. The average Bonchev–Trinajstić information content (AvgIpc) is 3.25. The van der Waals surface area contributed by atoms with Crippen molar-refractivity contribution >= 4 is 45.7 Å². The van der Waals surface area contributed by atoms with Crippen molar-refractivity contribution in [1.29, 1.82) is 0 Å². The van der Waals surface area contributed by atoms with E-state index in [4.69, 9.17) is 21.7 Å². The Hall–Kier alpha value is -3.59. The fourth-order valence-electron chi connectivity index (χ4n) is 4.45. The summed E-state index contributed by atoms with van der Waals surface area (Å²) in [4.78, 5) is 32.9. The maximum atomic E-state index is 13.3. The third-order valence-electron chi connectivity index (χ3n) is 6.27. The molecule has 2 N–H and O–H groups in total. The Bertz CT molecular complexity index is 1280. The molecule has 33 heavy (non-hydrogen) atoms. The van der Waals surface area contributed by atoms with Gasteiger partial charge in [0.2, 0.25) is 12.7 Å². The highest BCUT2D eigenvalue weighted by Gasteiger charge is 2.48. The quantitative estimate of drug-likeness (QED) is 0.546. The fraction of sp³-hybridized carbons (Fsp3) is 0.292. The Morgan fingerprint density at radius 1 is 1.12 bits per heavy atom. The van der Waals surface area contributed by atoms with E-state index < -0.39 is 6.04 Å². The molecule has 1 saturated carbocycles. The molecule has 1 unspecified atom stereocenters. The molecule has 1 atom stereocenters. The van der Waals surface area contributed by atoms with Crippen molar-refractivity contribution in [3.05, 3.63) is 54.2 Å². The molecule has 2 fully saturated rings. The molecule has 3 aliphatic rings. The number of carbonyl (C=O) groups is 2. The summed E-state index contributed by atoms with van der Waals surface area (Å²) in [7, 11) is 0. The summed E-state index contributed by atoms with van der Waals surface area (Å²) < 4.78 is 10.9. The van der Waals surface area contributed by atoms with Crippen molar-refractivity contribution < 1.29 is 19.1 Å². The molecule has 9 heteroatoms. The lowest BCUT2D eigenvalue weighted by Gasteiger charge is -2.24. The fourth-order valence-corrected chi connectivity index (χ4v) is 4.88. The first-order chi connectivity index (χ1) is 16.1. The number of amides is 2. The first-order valence-corrected chi connectivity index (χ1v) is 11.4. The monoisotopic (exact) mass is 462 g/mol. The van der Waals surface area contributed by atoms with Crippen LogP contribution in [0.1, 0.15) is 24.8 Å². The summed E-state index contributed by atoms with van der Waals surface area (Å²) >= 11 is 5.70. The summed E-state index contributed by atoms with van der Waals surface area (Å²) in [5.74, 6) is 1.05. The number of aromatic nitrogens is 1. The lowest BCUT2D eigenvalue weighted by atomic mass is 10.1. The van der Waals surface area contributed by atoms with E-state index in [-0.39, 0.29) is 31.1 Å². The van der Waals surface area contributed by atoms with Crippen molar-refractivity contribution in [2.75, 3.05) is 12.1 Å². The predicted octanol–water partition coefficient (Wildman–Crippen LogP) is 3.39. The SMILES string of the molecule is O=C(CC1C(=O)N(C2CC2)C(=S)N1Cc1ccc2c(c1)OCO2)Nc1ccc2cc[nH]c2c1. The molecule has 1 aromatic heterocycles. The largest absolute Gasteiger partial charge is 0.454 e. The van der Waals surface area contributed by atoms with Crippen LogP contribution < -0.4 is 14.8 Å². The molecule has 3 heterocycles. The third kappa shape index (κ3) is 3.68. The number of thiocarbonyl (C=S) groups is 1. The van der Waals surface area contributed by atoms with Crippen molar-refractivity contribution in [1.82, 2.24) is 14.8 Å². The molecule has 1 aliphatic carbocycles. The standard InChI is InChI=1S/C24H22N4O4S/c29-22(26-16-3-2-15-7-8-25-18(15)10-16)11-19-23(30)28(17-4-5-17)24(33)27(19)12-14-1-6-20-21(9-14)32-13-31-20/h1-3,6-10,17,19,25H,4-5,11-13H2,(H,26,29). The van der Waals surface area contributed by atoms with Gasteiger partial charge in [-0.1, -0.05) is 12.1 Å². The molecule has 0 radical (unpaired) electrons. The molecule has 8 nitrogen and oxygen atoms in total. The zero-order valence-corrected chi connectivity index (χ0v) is 18.6. The minimum atomic E-state index is -0.641. The van der Waals surface area contributed by atoms with Crippen LogP contribution in [0.2, 0.25) is 0 Å². The molecule has 3 aromatic rings. The summed E-state index contributed by atoms with van der Waals surface area (Å²) in [5.41, 5.74) is 2.56. The van der Waals surface area contributed by atoms with Gasteiger partial charge in [0.05, 0.1) is 6.42 Å². The molecule has 2 aromatic carbocycles. The number of H-pyrrole nitrogens is 1. The van der Waals surface area contributed by atoms with Gasteiger partial charge < -0.3 is 24.7 Å². The molecular formula is C24H22N4O4S. The van der Waals surface area contributed by atoms with Crippen molar-refractivity contribution in [2.45, 2.75) is 37.9 Å². The van der Waals surface area contributed by atoms with Gasteiger partial charge in [-0.2, -0.15) is 0 Å². The molecule has 1 saturated heterocycles. The van der Waals surface area contributed by atoms with E-state index in [1.54, 1.807) is 4.90 Å². The summed E-state index contributed by atoms with van der Waals surface area (Å²) in [6.07, 6.45) is 3.77. The Morgan fingerprint density at radius 3 is 2.82 bits per heavy atom. The van der Waals surface area contributed by atoms with Gasteiger partial charge in [0.15, 0.2) is 16.6 Å². The molecule has 2 aliphatic heterocycles. The highest BCUT2D eigenvalue weighted by molar-refractivity contribution is 7.80. The maximum absolute atomic E-state index is 13.3. The van der Waals surface area contributed by atoms with Crippen molar-refractivity contribution in [2.24, 2.45) is 0 Å². The number of nitrogens with zero attached hydrogens (tertiary/aromatic N) is 2. The number of nitrogens with one attached hydrogen (secondary N) is 2. The van der Waals surface area contributed by atoms with E-state index >= 15 is 0 Å². The highest BCUT2D eigenvalue weighted by Crippen LogP contribution is 2.36. The predicted molar refractivity (Wildman–Crippen MR) is 126 cm³/mol. The highest BCUT2D eigenvalue weighted by atomic mass is 32.1. The van der Waals surface area contributed by atoms with Gasteiger partial charge in [-0.05, 0) is 66.3 Å². The van der Waals surface area contributed by atoms with Gasteiger partial charge in [-0.15, -0.1) is 0 Å². The maximum Gasteiger partial charge on any atom is 0.252 e. The molecule has 2 amide bonds. The molecule has 168 valence electrons. The van der Waals surface area contributed by atoms with Crippen LogP contribution in [0, 0.1) is 0 Å². The minimum absolute atomic E-state index is 0.0233. The van der Waals surface area contributed by atoms with Crippen LogP contribution in [-0.2, 0) is 16.1 Å². The average molecular weight is 463 g/mol. The van der Waals surface area contributed by atoms with Crippen LogP contribution in [0.15, 0.2) is 48.7 Å². The number of benzene rings is 2. The second-order valence-corrected chi connectivity index (χ2v) is 8.95. The van der Waals surface area contributed by atoms with Gasteiger partial charge >= 0.3 is 0 Å². The number of hydrogen-bond donors (Lipinski definition) is 2. The van der Waals surface area contributed by atoms with Crippen LogP contribution >= 0.6 is 12.2 Å². The van der Waals surface area contributed by atoms with Crippen LogP contribution in [0.3, 0.4) is 0 Å². The van der Waals surface area contributed by atoms with E-state index in [2.05, 4.69) is 10.3 Å². The summed E-state index contributed by atoms with van der Waals surface area (Å²) in [6, 6.07) is 12.9. The van der Waals surface area contributed by atoms with E-state index in [0.29, 0.717) is 28.8 Å². The van der Waals surface area contributed by atoms with E-state index in [1.807, 2.05) is 53.6 Å². The van der Waals surface area contributed by atoms with Gasteiger partial charge in [-0.3, -0.25) is 14.5 Å². The number of anilines is 1. The second kappa shape index (κ2) is 7.77. The topological polar surface area (TPSA) is 86.9 Å². The van der Waals surface area contributed by atoms with Gasteiger partial charge in [0, 0.05) is 30.0 Å². The lowest BCUT2D eigenvalue weighted by Crippen LogP contribution is -2.37. The third-order valence-corrected chi connectivity index (χ3v) is 6.70. The Morgan fingerprint density at radius 2 is 1.97 bits per heavy atom. The number of ether oxygens (including phenoxy) is 2. The van der Waals surface area contributed by atoms with Gasteiger partial charge in [0.1, 0.15) is 6.04 Å². The van der Waals surface area contributed by atoms with Crippen LogP contribution in [0.5, 0.6) is 11.5 Å². The van der Waals surface area contributed by atoms with Gasteiger partial charge in [0.25, 0.3) is 5.91 Å². The number of hydrogen-bond acceptors (Lipinski definition) is 5. The first-order valence-electron chi connectivity index (χ1n) is 11.0. The van der Waals surface area contributed by atoms with E-state index in [0.717, 1.165) is 29.3 Å². The minimum Gasteiger partial charge on any atom is -0.454 e. The Labute approximate surface area is 195 Å². The molecule has 0 spiro atoms. The first kappa shape index (κ1) is 20.0. The Balaban J connectivity index is 1.22. The van der Waals surface area contributed by atoms with Crippen molar-refractivity contribution in [3.8, 4) is 11.5 Å². The lowest BCUT2D eigenvalue weighted by molar-refractivity contribution is -0.131. The normalized spacial score (nSPS) is 19.6. The van der Waals surface area contributed by atoms with Crippen molar-refractivity contribution in [3.63, 3.8) is 0 Å². The number of rotatable bonds is 6. The summed E-state index contributed by atoms with van der Waals surface area (Å²) in [5, 5.41) is 4.49. The number of carbonyl (C=O) groups excluding carboxylic acids is 2. The smallest absolute Gasteiger partial charge is 0.252 e. The van der Waals surface area contributed by atoms with E-state index in [1.165, 1.54) is 0 Å². The molecular weight excluding hydrogens is 440 g/mol. The van der Waals surface area contributed by atoms with Crippen LogP contribution in [0.4, 0.5) is 5.69 Å². The zero-order valence-electron chi connectivity index (χ0n) is 17.7. The second-order valence-electron chi connectivity index (χ2n) is 8.59. The van der Waals surface area contributed by atoms with Crippen LogP contribution in [0.25, 0.3) is 10.9 Å². The molecule has 6 rings (SSSR count). The van der Waals surface area contributed by atoms with Crippen LogP contribution in [-0.4, -0.2) is 50.6 Å². The Kier molecular flexibility index (Phi) is 4.72. The number of aromatic amines is 1. The summed E-state index contributed by atoms with van der Waals surface area (Å²) in [6.45, 7) is 0.614. The van der Waals surface area contributed by atoms with Gasteiger partial charge in [-0.25, -0.2) is 0 Å². The number of fused-ring (bicyclic) bond motifs is 2. The van der Waals surface area contributed by atoms with E-state index in [9.17, 15) is 9.59 Å². The zero-order chi connectivity index (χ0) is 22.5.